The van der Waals surface area contributed by atoms with Crippen molar-refractivity contribution in [2.75, 3.05) is 6.61 Å². The van der Waals surface area contributed by atoms with Gasteiger partial charge in [-0.1, -0.05) is 6.08 Å². The molecular formula is C8H10O2. The third kappa shape index (κ3) is 4.92. The molecule has 0 fully saturated rings. The van der Waals surface area contributed by atoms with Gasteiger partial charge in [0.15, 0.2) is 0 Å². The molecule has 0 aliphatic carbocycles. The van der Waals surface area contributed by atoms with Gasteiger partial charge in [0.25, 0.3) is 0 Å². The molecule has 2 heteroatoms. The van der Waals surface area contributed by atoms with Crippen molar-refractivity contribution in [1.82, 2.24) is 0 Å². The first-order valence-electron chi connectivity index (χ1n) is 3.10. The Hall–Kier alpha value is -1.23. The molecule has 0 saturated heterocycles. The fourth-order valence-corrected chi connectivity index (χ4v) is 0.352. The normalized spacial score (nSPS) is 8.60. The largest absolute Gasteiger partial charge is 0.447 e. The number of ketones is 1. The molecule has 0 aromatic carbocycles. The first kappa shape index (κ1) is 8.77. The molecule has 10 heavy (non-hydrogen) atoms. The van der Waals surface area contributed by atoms with Crippen LogP contribution in [0.3, 0.4) is 0 Å². The second kappa shape index (κ2) is 5.90. The van der Waals surface area contributed by atoms with Crippen LogP contribution in [-0.2, 0) is 9.53 Å². The molecule has 0 aromatic rings. The van der Waals surface area contributed by atoms with Crippen LogP contribution >= 0.6 is 0 Å². The van der Waals surface area contributed by atoms with Gasteiger partial charge in [-0.2, -0.15) is 0 Å². The Kier molecular flexibility index (Phi) is 5.17. The van der Waals surface area contributed by atoms with Gasteiger partial charge in [0.1, 0.15) is 6.11 Å². The lowest BCUT2D eigenvalue weighted by molar-refractivity contribution is -0.109. The van der Waals surface area contributed by atoms with Crippen LogP contribution in [0, 0.1) is 12.0 Å². The Bertz CT molecular complexity index is 181. The number of hydrogen-bond donors (Lipinski definition) is 0. The van der Waals surface area contributed by atoms with Crippen molar-refractivity contribution in [2.24, 2.45) is 0 Å². The van der Waals surface area contributed by atoms with Crippen molar-refractivity contribution < 1.29 is 9.53 Å². The van der Waals surface area contributed by atoms with Crippen molar-refractivity contribution in [3.8, 4) is 12.0 Å². The lowest BCUT2D eigenvalue weighted by Gasteiger charge is -1.82. The minimum atomic E-state index is -0.226. The molecule has 54 valence electrons. The highest BCUT2D eigenvalue weighted by Crippen LogP contribution is 1.73. The van der Waals surface area contributed by atoms with E-state index in [0.717, 1.165) is 0 Å². The topological polar surface area (TPSA) is 26.3 Å². The number of carbonyl (C=O) groups is 1. The van der Waals surface area contributed by atoms with Crippen molar-refractivity contribution in [3.63, 3.8) is 0 Å². The zero-order chi connectivity index (χ0) is 7.82. The van der Waals surface area contributed by atoms with Crippen LogP contribution in [0.4, 0.5) is 0 Å². The molecule has 0 unspecified atom stereocenters. The number of carbonyl (C=O) groups excluding carboxylic acids is 1. The smallest absolute Gasteiger partial charge is 0.231 e. The van der Waals surface area contributed by atoms with E-state index in [2.05, 4.69) is 16.8 Å². The summed E-state index contributed by atoms with van der Waals surface area (Å²) in [5.74, 6) is 2.06. The summed E-state index contributed by atoms with van der Waals surface area (Å²) < 4.78 is 4.63. The molecule has 0 spiro atoms. The highest BCUT2D eigenvalue weighted by molar-refractivity contribution is 6.03. The predicted octanol–water partition coefficient (Wildman–Crippen LogP) is 1.13. The predicted molar refractivity (Wildman–Crippen MR) is 39.2 cm³/mol. The maximum atomic E-state index is 10.6. The Balaban J connectivity index is 3.69. The molecule has 0 amide bonds. The highest BCUT2D eigenvalue weighted by atomic mass is 16.5. The number of hydrogen-bond acceptors (Lipinski definition) is 2. The molecule has 0 saturated carbocycles. The number of allylic oxidation sites excluding steroid dienone is 2. The average molecular weight is 138 g/mol. The van der Waals surface area contributed by atoms with Crippen LogP contribution in [0.1, 0.15) is 13.8 Å². The van der Waals surface area contributed by atoms with E-state index in [1.165, 1.54) is 6.08 Å². The molecule has 0 radical (unpaired) electrons. The van der Waals surface area contributed by atoms with E-state index >= 15 is 0 Å². The minimum absolute atomic E-state index is 0.226. The van der Waals surface area contributed by atoms with E-state index in [9.17, 15) is 4.79 Å². The Morgan fingerprint density at radius 1 is 1.70 bits per heavy atom. The van der Waals surface area contributed by atoms with Gasteiger partial charge in [-0.15, -0.1) is 0 Å². The van der Waals surface area contributed by atoms with Crippen LogP contribution < -0.4 is 0 Å². The van der Waals surface area contributed by atoms with Crippen molar-refractivity contribution in [1.29, 1.82) is 0 Å². The maximum Gasteiger partial charge on any atom is 0.231 e. The third-order valence-corrected chi connectivity index (χ3v) is 0.709. The van der Waals surface area contributed by atoms with Crippen LogP contribution in [0.15, 0.2) is 12.2 Å². The molecule has 0 aromatic heterocycles. The van der Waals surface area contributed by atoms with Gasteiger partial charge in [0.05, 0.1) is 6.61 Å². The van der Waals surface area contributed by atoms with Crippen molar-refractivity contribution in [3.05, 3.63) is 12.2 Å². The maximum absolute atomic E-state index is 10.6. The van der Waals surface area contributed by atoms with Crippen molar-refractivity contribution >= 4 is 5.78 Å². The summed E-state index contributed by atoms with van der Waals surface area (Å²) >= 11 is 0. The second-order valence-electron chi connectivity index (χ2n) is 1.52. The first-order chi connectivity index (χ1) is 4.81. The molecule has 0 atom stereocenters. The molecule has 0 aliphatic rings. The van der Waals surface area contributed by atoms with E-state index in [4.69, 9.17) is 0 Å². The summed E-state index contributed by atoms with van der Waals surface area (Å²) in [5.41, 5.74) is 0. The van der Waals surface area contributed by atoms with E-state index in [1.807, 2.05) is 6.92 Å². The molecule has 0 N–H and O–H groups in total. The summed E-state index contributed by atoms with van der Waals surface area (Å²) in [4.78, 5) is 10.6. The molecule has 2 nitrogen and oxygen atoms in total. The van der Waals surface area contributed by atoms with Gasteiger partial charge in [0, 0.05) is 5.92 Å². The Labute approximate surface area is 60.9 Å². The quantitative estimate of drug-likeness (QED) is 0.422. The molecule has 0 heterocycles. The standard InChI is InChI=1S/C8H10O2/c1-3-5-8(9)6-7-10-4-2/h3,5H,4H2,1-2H3/b5-3+. The molecule has 0 bridgehead atoms. The van der Waals surface area contributed by atoms with Crippen LogP contribution in [0.2, 0.25) is 0 Å². The molecule has 0 rings (SSSR count). The SMILES string of the molecule is C/C=C/C(=O)C#COCC. The summed E-state index contributed by atoms with van der Waals surface area (Å²) in [6.07, 6.45) is 5.31. The summed E-state index contributed by atoms with van der Waals surface area (Å²) in [6.45, 7) is 4.09. The molecular weight excluding hydrogens is 128 g/mol. The van der Waals surface area contributed by atoms with Gasteiger partial charge in [-0.05, 0) is 19.9 Å². The summed E-state index contributed by atoms with van der Waals surface area (Å²) in [7, 11) is 0. The minimum Gasteiger partial charge on any atom is -0.447 e. The van der Waals surface area contributed by atoms with Gasteiger partial charge in [-0.25, -0.2) is 0 Å². The highest BCUT2D eigenvalue weighted by Gasteiger charge is 1.83. The number of ether oxygens (including phenoxy) is 1. The van der Waals surface area contributed by atoms with E-state index in [-0.39, 0.29) is 5.78 Å². The summed E-state index contributed by atoms with van der Waals surface area (Å²) in [6, 6.07) is 0. The Morgan fingerprint density at radius 2 is 2.40 bits per heavy atom. The van der Waals surface area contributed by atoms with Gasteiger partial charge >= 0.3 is 0 Å². The number of rotatable bonds is 2. The molecule has 0 aliphatic heterocycles. The zero-order valence-corrected chi connectivity index (χ0v) is 6.18. The lowest BCUT2D eigenvalue weighted by atomic mass is 10.4. The van der Waals surface area contributed by atoms with Crippen LogP contribution in [0.25, 0.3) is 0 Å². The van der Waals surface area contributed by atoms with E-state index in [0.29, 0.717) is 6.61 Å². The van der Waals surface area contributed by atoms with Crippen molar-refractivity contribution in [2.45, 2.75) is 13.8 Å². The fraction of sp³-hybridized carbons (Fsp3) is 0.375. The van der Waals surface area contributed by atoms with Crippen LogP contribution in [-0.4, -0.2) is 12.4 Å². The first-order valence-corrected chi connectivity index (χ1v) is 3.10. The van der Waals surface area contributed by atoms with E-state index in [1.54, 1.807) is 13.0 Å². The Morgan fingerprint density at radius 3 is 2.90 bits per heavy atom. The third-order valence-electron chi connectivity index (χ3n) is 0.709. The monoisotopic (exact) mass is 138 g/mol. The lowest BCUT2D eigenvalue weighted by Crippen LogP contribution is -1.86. The van der Waals surface area contributed by atoms with Crippen LogP contribution in [0.5, 0.6) is 0 Å². The average Bonchev–Trinajstić information content (AvgIpc) is 1.89. The van der Waals surface area contributed by atoms with Gasteiger partial charge < -0.3 is 4.74 Å². The van der Waals surface area contributed by atoms with E-state index < -0.39 is 0 Å². The van der Waals surface area contributed by atoms with Gasteiger partial charge in [-0.3, -0.25) is 4.79 Å². The second-order valence-corrected chi connectivity index (χ2v) is 1.52. The summed E-state index contributed by atoms with van der Waals surface area (Å²) in [5, 5.41) is 0. The van der Waals surface area contributed by atoms with Gasteiger partial charge in [0.2, 0.25) is 5.78 Å². The zero-order valence-electron chi connectivity index (χ0n) is 6.18. The fourth-order valence-electron chi connectivity index (χ4n) is 0.352.